The van der Waals surface area contributed by atoms with Crippen molar-refractivity contribution in [2.45, 2.75) is 4.90 Å². The van der Waals surface area contributed by atoms with E-state index < -0.39 is 0 Å². The lowest BCUT2D eigenvalue weighted by molar-refractivity contribution is 0.104. The summed E-state index contributed by atoms with van der Waals surface area (Å²) in [5.41, 5.74) is 2.90. The molecular formula is C19H17Cl2NOS. The van der Waals surface area contributed by atoms with E-state index in [2.05, 4.69) is 4.90 Å². The summed E-state index contributed by atoms with van der Waals surface area (Å²) >= 11 is 13.2. The van der Waals surface area contributed by atoms with Crippen LogP contribution in [0.4, 0.5) is 5.69 Å². The highest BCUT2D eigenvalue weighted by atomic mass is 35.5. The third kappa shape index (κ3) is 3.80. The highest BCUT2D eigenvalue weighted by molar-refractivity contribution is 8.04. The van der Waals surface area contributed by atoms with Gasteiger partial charge in [0.2, 0.25) is 5.78 Å². The predicted molar refractivity (Wildman–Crippen MR) is 105 cm³/mol. The molecule has 1 aliphatic rings. The van der Waals surface area contributed by atoms with E-state index in [-0.39, 0.29) is 5.78 Å². The smallest absolute Gasteiger partial charge is 0.200 e. The number of hydrogen-bond acceptors (Lipinski definition) is 3. The van der Waals surface area contributed by atoms with E-state index in [1.165, 1.54) is 11.8 Å². The summed E-state index contributed by atoms with van der Waals surface area (Å²) in [5, 5.41) is 0. The topological polar surface area (TPSA) is 20.3 Å². The quantitative estimate of drug-likeness (QED) is 0.503. The van der Waals surface area contributed by atoms with E-state index in [4.69, 9.17) is 23.2 Å². The number of ketones is 1. The van der Waals surface area contributed by atoms with Gasteiger partial charge in [-0.25, -0.2) is 0 Å². The summed E-state index contributed by atoms with van der Waals surface area (Å²) in [6.45, 7) is 1.52. The van der Waals surface area contributed by atoms with E-state index in [1.54, 1.807) is 0 Å². The van der Waals surface area contributed by atoms with E-state index in [1.807, 2.05) is 54.6 Å². The average molecular weight is 378 g/mol. The maximum atomic E-state index is 12.4. The molecule has 5 heteroatoms. The average Bonchev–Trinajstić information content (AvgIpc) is 2.92. The Hall–Kier alpha value is -1.42. The van der Waals surface area contributed by atoms with Crippen molar-refractivity contribution in [2.75, 3.05) is 29.7 Å². The van der Waals surface area contributed by atoms with E-state index in [0.717, 1.165) is 39.7 Å². The number of carbonyl (C=O) groups excluding carboxylic acids is 1. The SMILES string of the molecule is O=C1C(=Cc2ccc(N(CCCl)CCCl)cc2)Sc2ccccc21. The number of Topliss-reactive ketones (excluding diaryl/α,β-unsaturated/α-hetero) is 1. The van der Waals surface area contributed by atoms with Crippen LogP contribution in [0.3, 0.4) is 0 Å². The van der Waals surface area contributed by atoms with Gasteiger partial charge in [-0.15, -0.1) is 23.2 Å². The highest BCUT2D eigenvalue weighted by Crippen LogP contribution is 2.40. The molecule has 124 valence electrons. The van der Waals surface area contributed by atoms with Crippen molar-refractivity contribution in [3.8, 4) is 0 Å². The summed E-state index contributed by atoms with van der Waals surface area (Å²) in [7, 11) is 0. The number of halogens is 2. The first-order valence-corrected chi connectivity index (χ1v) is 9.61. The van der Waals surface area contributed by atoms with Gasteiger partial charge in [-0.1, -0.05) is 36.0 Å². The molecule has 0 saturated carbocycles. The van der Waals surface area contributed by atoms with Gasteiger partial charge >= 0.3 is 0 Å². The van der Waals surface area contributed by atoms with Gasteiger partial charge in [-0.2, -0.15) is 0 Å². The molecule has 0 amide bonds. The van der Waals surface area contributed by atoms with E-state index in [0.29, 0.717) is 11.8 Å². The standard InChI is InChI=1S/C19H17Cl2NOS/c20-9-11-22(12-10-21)15-7-5-14(6-8-15)13-18-19(23)16-3-1-2-4-17(16)24-18/h1-8,13H,9-12H2. The summed E-state index contributed by atoms with van der Waals surface area (Å²) in [6, 6.07) is 15.9. The Morgan fingerprint density at radius 1 is 0.958 bits per heavy atom. The third-order valence-electron chi connectivity index (χ3n) is 3.84. The van der Waals surface area contributed by atoms with Crippen LogP contribution in [0.5, 0.6) is 0 Å². The molecule has 0 spiro atoms. The molecule has 0 aromatic heterocycles. The fourth-order valence-corrected chi connectivity index (χ4v) is 4.10. The number of thioether (sulfide) groups is 1. The van der Waals surface area contributed by atoms with Gasteiger partial charge in [-0.3, -0.25) is 4.79 Å². The Labute approximate surface area is 156 Å². The van der Waals surface area contributed by atoms with Gasteiger partial charge in [0, 0.05) is 41.0 Å². The Morgan fingerprint density at radius 2 is 1.62 bits per heavy atom. The number of nitrogens with zero attached hydrogens (tertiary/aromatic N) is 1. The zero-order valence-electron chi connectivity index (χ0n) is 13.0. The Bertz CT molecular complexity index is 752. The zero-order chi connectivity index (χ0) is 16.9. The number of fused-ring (bicyclic) bond motifs is 1. The maximum Gasteiger partial charge on any atom is 0.200 e. The molecule has 1 heterocycles. The van der Waals surface area contributed by atoms with Gasteiger partial charge in [0.1, 0.15) is 0 Å². The normalized spacial score (nSPS) is 14.9. The first-order chi connectivity index (χ1) is 11.7. The number of hydrogen-bond donors (Lipinski definition) is 0. The summed E-state index contributed by atoms with van der Waals surface area (Å²) in [5.74, 6) is 1.23. The first kappa shape index (κ1) is 17.4. The zero-order valence-corrected chi connectivity index (χ0v) is 15.4. The fraction of sp³-hybridized carbons (Fsp3) is 0.211. The van der Waals surface area contributed by atoms with Crippen LogP contribution in [0.2, 0.25) is 0 Å². The second-order valence-electron chi connectivity index (χ2n) is 5.39. The van der Waals surface area contributed by atoms with Crippen molar-refractivity contribution < 1.29 is 4.79 Å². The monoisotopic (exact) mass is 377 g/mol. The summed E-state index contributed by atoms with van der Waals surface area (Å²) in [6.07, 6.45) is 1.95. The molecule has 1 aliphatic heterocycles. The van der Waals surface area contributed by atoms with Gasteiger partial charge in [0.15, 0.2) is 0 Å². The molecule has 24 heavy (non-hydrogen) atoms. The molecule has 3 rings (SSSR count). The lowest BCUT2D eigenvalue weighted by Crippen LogP contribution is -2.27. The number of rotatable bonds is 6. The van der Waals surface area contributed by atoms with Crippen molar-refractivity contribution in [3.05, 3.63) is 64.6 Å². The van der Waals surface area contributed by atoms with Crippen LogP contribution in [-0.2, 0) is 0 Å². The van der Waals surface area contributed by atoms with Crippen LogP contribution in [-0.4, -0.2) is 30.6 Å². The lowest BCUT2D eigenvalue weighted by atomic mass is 10.1. The van der Waals surface area contributed by atoms with Crippen LogP contribution in [0, 0.1) is 0 Å². The molecular weight excluding hydrogens is 361 g/mol. The molecule has 0 radical (unpaired) electrons. The van der Waals surface area contributed by atoms with E-state index >= 15 is 0 Å². The molecule has 0 N–H and O–H groups in total. The van der Waals surface area contributed by atoms with Crippen molar-refractivity contribution in [1.29, 1.82) is 0 Å². The van der Waals surface area contributed by atoms with E-state index in [9.17, 15) is 4.79 Å². The van der Waals surface area contributed by atoms with Crippen molar-refractivity contribution >= 4 is 52.5 Å². The molecule has 2 aromatic carbocycles. The number of alkyl halides is 2. The van der Waals surface area contributed by atoms with Gasteiger partial charge in [-0.05, 0) is 35.9 Å². The Balaban J connectivity index is 1.78. The third-order valence-corrected chi connectivity index (χ3v) is 5.28. The molecule has 0 saturated heterocycles. The van der Waals surface area contributed by atoms with Crippen LogP contribution < -0.4 is 4.90 Å². The lowest BCUT2D eigenvalue weighted by Gasteiger charge is -2.22. The number of anilines is 1. The molecule has 2 aromatic rings. The number of carbonyl (C=O) groups is 1. The molecule has 0 bridgehead atoms. The predicted octanol–water partition coefficient (Wildman–Crippen LogP) is 5.30. The van der Waals surface area contributed by atoms with Gasteiger partial charge in [0.25, 0.3) is 0 Å². The Morgan fingerprint density at radius 3 is 2.25 bits per heavy atom. The van der Waals surface area contributed by atoms with Crippen molar-refractivity contribution in [3.63, 3.8) is 0 Å². The van der Waals surface area contributed by atoms with Crippen LogP contribution >= 0.6 is 35.0 Å². The van der Waals surface area contributed by atoms with Crippen LogP contribution in [0.15, 0.2) is 58.3 Å². The summed E-state index contributed by atoms with van der Waals surface area (Å²) in [4.78, 5) is 16.4. The maximum absolute atomic E-state index is 12.4. The highest BCUT2D eigenvalue weighted by Gasteiger charge is 2.24. The molecule has 0 fully saturated rings. The number of allylic oxidation sites excluding steroid dienone is 1. The Kier molecular flexibility index (Phi) is 5.88. The van der Waals surface area contributed by atoms with Crippen molar-refractivity contribution in [1.82, 2.24) is 0 Å². The minimum atomic E-state index is 0.102. The van der Waals surface area contributed by atoms with Gasteiger partial charge in [0.05, 0.1) is 4.91 Å². The fourth-order valence-electron chi connectivity index (χ4n) is 2.64. The molecule has 2 nitrogen and oxygen atoms in total. The van der Waals surface area contributed by atoms with Crippen LogP contribution in [0.1, 0.15) is 15.9 Å². The molecule has 0 unspecified atom stereocenters. The number of benzene rings is 2. The largest absolute Gasteiger partial charge is 0.369 e. The van der Waals surface area contributed by atoms with Crippen molar-refractivity contribution in [2.24, 2.45) is 0 Å². The second-order valence-corrected chi connectivity index (χ2v) is 7.23. The van der Waals surface area contributed by atoms with Gasteiger partial charge < -0.3 is 4.90 Å². The molecule has 0 atom stereocenters. The minimum absolute atomic E-state index is 0.102. The minimum Gasteiger partial charge on any atom is -0.369 e. The first-order valence-electron chi connectivity index (χ1n) is 7.73. The second kappa shape index (κ2) is 8.11. The van der Waals surface area contributed by atoms with Crippen LogP contribution in [0.25, 0.3) is 6.08 Å². The molecule has 0 aliphatic carbocycles. The summed E-state index contributed by atoms with van der Waals surface area (Å²) < 4.78 is 0.